The smallest absolute Gasteiger partial charge is 0.339 e. The van der Waals surface area contributed by atoms with Gasteiger partial charge in [-0.05, 0) is 41.3 Å². The van der Waals surface area contributed by atoms with E-state index in [2.05, 4.69) is 6.07 Å². The molecule has 0 saturated heterocycles. The van der Waals surface area contributed by atoms with Gasteiger partial charge in [-0.2, -0.15) is 5.26 Å². The second kappa shape index (κ2) is 8.84. The van der Waals surface area contributed by atoms with E-state index in [4.69, 9.17) is 9.47 Å². The maximum atomic E-state index is 12.8. The minimum Gasteiger partial charge on any atom is -0.497 e. The van der Waals surface area contributed by atoms with Gasteiger partial charge in [0.05, 0.1) is 24.3 Å². The Morgan fingerprint density at radius 1 is 1.11 bits per heavy atom. The number of benzene rings is 2. The number of esters is 1. The highest BCUT2D eigenvalue weighted by molar-refractivity contribution is 7.11. The summed E-state index contributed by atoms with van der Waals surface area (Å²) in [5.41, 5.74) is 2.53. The van der Waals surface area contributed by atoms with Crippen LogP contribution in [-0.4, -0.2) is 13.1 Å². The molecular weight excluding hydrogens is 358 g/mol. The fraction of sp³-hybridized carbons (Fsp3) is 0.0909. The van der Waals surface area contributed by atoms with Crippen molar-refractivity contribution in [1.82, 2.24) is 0 Å². The molecule has 27 heavy (non-hydrogen) atoms. The summed E-state index contributed by atoms with van der Waals surface area (Å²) in [7, 11) is 1.61. The number of carbonyl (C=O) groups is 1. The average molecular weight is 375 g/mol. The summed E-state index contributed by atoms with van der Waals surface area (Å²) in [6.07, 6.45) is 1.80. The van der Waals surface area contributed by atoms with Crippen molar-refractivity contribution >= 4 is 29.0 Å². The van der Waals surface area contributed by atoms with Gasteiger partial charge in [0.25, 0.3) is 0 Å². The first-order valence-electron chi connectivity index (χ1n) is 8.26. The number of nitriles is 1. The molecule has 0 aliphatic carbocycles. The van der Waals surface area contributed by atoms with E-state index in [1.54, 1.807) is 31.4 Å². The van der Waals surface area contributed by atoms with E-state index in [1.807, 2.05) is 47.8 Å². The van der Waals surface area contributed by atoms with Crippen LogP contribution in [0, 0.1) is 11.3 Å². The second-order valence-corrected chi connectivity index (χ2v) is 6.60. The molecular formula is C22H17NO3S. The van der Waals surface area contributed by atoms with Crippen LogP contribution in [0.1, 0.15) is 21.6 Å². The van der Waals surface area contributed by atoms with Crippen molar-refractivity contribution in [3.63, 3.8) is 0 Å². The summed E-state index contributed by atoms with van der Waals surface area (Å²) >= 11 is 1.47. The molecule has 0 fully saturated rings. The molecule has 1 aromatic heterocycles. The van der Waals surface area contributed by atoms with Crippen molar-refractivity contribution in [3.8, 4) is 11.8 Å². The van der Waals surface area contributed by atoms with E-state index in [1.165, 1.54) is 11.3 Å². The third-order valence-electron chi connectivity index (χ3n) is 3.93. The first kappa shape index (κ1) is 18.4. The van der Waals surface area contributed by atoms with Crippen molar-refractivity contribution in [3.05, 3.63) is 87.6 Å². The molecule has 3 rings (SSSR count). The van der Waals surface area contributed by atoms with Gasteiger partial charge in [-0.1, -0.05) is 36.4 Å². The Morgan fingerprint density at radius 2 is 1.89 bits per heavy atom. The number of ether oxygens (including phenoxy) is 2. The Morgan fingerprint density at radius 3 is 2.56 bits per heavy atom. The molecule has 0 aliphatic rings. The lowest BCUT2D eigenvalue weighted by Gasteiger charge is -2.09. The first-order valence-corrected chi connectivity index (χ1v) is 9.14. The van der Waals surface area contributed by atoms with E-state index in [0.717, 1.165) is 16.2 Å². The van der Waals surface area contributed by atoms with Gasteiger partial charge in [0.2, 0.25) is 0 Å². The van der Waals surface area contributed by atoms with Crippen molar-refractivity contribution in [1.29, 1.82) is 5.26 Å². The van der Waals surface area contributed by atoms with Crippen molar-refractivity contribution in [2.75, 3.05) is 7.11 Å². The van der Waals surface area contributed by atoms with Gasteiger partial charge in [0.1, 0.15) is 12.4 Å². The molecule has 2 aromatic carbocycles. The molecule has 0 radical (unpaired) electrons. The molecule has 0 amide bonds. The van der Waals surface area contributed by atoms with Crippen LogP contribution in [0.2, 0.25) is 0 Å². The molecule has 3 aromatic rings. The van der Waals surface area contributed by atoms with Crippen molar-refractivity contribution in [2.24, 2.45) is 0 Å². The summed E-state index contributed by atoms with van der Waals surface area (Å²) < 4.78 is 10.7. The van der Waals surface area contributed by atoms with E-state index in [0.29, 0.717) is 16.7 Å². The number of nitrogens with zero attached hydrogens (tertiary/aromatic N) is 1. The van der Waals surface area contributed by atoms with E-state index >= 15 is 0 Å². The number of rotatable bonds is 6. The monoisotopic (exact) mass is 375 g/mol. The molecule has 0 bridgehead atoms. The molecule has 0 N–H and O–H groups in total. The number of hydrogen-bond donors (Lipinski definition) is 0. The Balaban J connectivity index is 1.84. The molecule has 0 saturated carbocycles. The predicted molar refractivity (Wildman–Crippen MR) is 106 cm³/mol. The molecule has 134 valence electrons. The highest BCUT2D eigenvalue weighted by atomic mass is 32.1. The summed E-state index contributed by atoms with van der Waals surface area (Å²) in [5.74, 6) is 0.321. The lowest BCUT2D eigenvalue weighted by atomic mass is 10.1. The molecule has 5 heteroatoms. The molecule has 1 heterocycles. The van der Waals surface area contributed by atoms with E-state index in [-0.39, 0.29) is 6.61 Å². The lowest BCUT2D eigenvalue weighted by Crippen LogP contribution is -2.07. The molecule has 0 aliphatic heterocycles. The number of thiophene rings is 1. The highest BCUT2D eigenvalue weighted by Crippen LogP contribution is 2.25. The largest absolute Gasteiger partial charge is 0.497 e. The highest BCUT2D eigenvalue weighted by Gasteiger charge is 2.16. The van der Waals surface area contributed by atoms with Crippen molar-refractivity contribution < 1.29 is 14.3 Å². The maximum absolute atomic E-state index is 12.8. The Labute approximate surface area is 161 Å². The molecule has 0 spiro atoms. The van der Waals surface area contributed by atoms with Crippen LogP contribution in [-0.2, 0) is 16.1 Å². The van der Waals surface area contributed by atoms with Crippen LogP contribution in [0.5, 0.6) is 5.75 Å². The van der Waals surface area contributed by atoms with Crippen LogP contribution >= 0.6 is 11.3 Å². The lowest BCUT2D eigenvalue weighted by molar-refractivity contribution is -0.137. The van der Waals surface area contributed by atoms with Gasteiger partial charge in [-0.15, -0.1) is 11.3 Å². The number of carbonyl (C=O) groups excluding carboxylic acids is 1. The zero-order valence-corrected chi connectivity index (χ0v) is 15.5. The fourth-order valence-electron chi connectivity index (χ4n) is 2.51. The number of methoxy groups -OCH3 is 1. The third-order valence-corrected chi connectivity index (χ3v) is 4.83. The van der Waals surface area contributed by atoms with Gasteiger partial charge in [0, 0.05) is 10.4 Å². The zero-order chi connectivity index (χ0) is 19.1. The topological polar surface area (TPSA) is 59.3 Å². The quantitative estimate of drug-likeness (QED) is 0.454. The van der Waals surface area contributed by atoms with Gasteiger partial charge in [0.15, 0.2) is 0 Å². The maximum Gasteiger partial charge on any atom is 0.339 e. The van der Waals surface area contributed by atoms with Gasteiger partial charge < -0.3 is 9.47 Å². The molecule has 4 nitrogen and oxygen atoms in total. The van der Waals surface area contributed by atoms with E-state index in [9.17, 15) is 10.1 Å². The van der Waals surface area contributed by atoms with E-state index < -0.39 is 5.97 Å². The first-order chi connectivity index (χ1) is 13.2. The normalized spacial score (nSPS) is 10.9. The van der Waals surface area contributed by atoms with Crippen LogP contribution in [0.25, 0.3) is 11.6 Å². The summed E-state index contributed by atoms with van der Waals surface area (Å²) in [5, 5.41) is 11.1. The Bertz CT molecular complexity index is 983. The van der Waals surface area contributed by atoms with Crippen molar-refractivity contribution in [2.45, 2.75) is 6.61 Å². The predicted octanol–water partition coefficient (Wildman–Crippen LogP) is 4.91. The van der Waals surface area contributed by atoms with Crippen LogP contribution in [0.15, 0.2) is 66.0 Å². The third kappa shape index (κ3) is 4.63. The fourth-order valence-corrected chi connectivity index (χ4v) is 3.24. The summed E-state index contributed by atoms with van der Waals surface area (Å²) in [6, 6.07) is 20.4. The second-order valence-electron chi connectivity index (χ2n) is 5.65. The van der Waals surface area contributed by atoms with Gasteiger partial charge in [-0.3, -0.25) is 0 Å². The summed E-state index contributed by atoms with van der Waals surface area (Å²) in [6.45, 7) is 0.0495. The number of hydrogen-bond acceptors (Lipinski definition) is 5. The molecule has 0 unspecified atom stereocenters. The van der Waals surface area contributed by atoms with Gasteiger partial charge in [-0.25, -0.2) is 4.79 Å². The van der Waals surface area contributed by atoms with Crippen LogP contribution in [0.3, 0.4) is 0 Å². The minimum atomic E-state index is -0.430. The van der Waals surface area contributed by atoms with Gasteiger partial charge >= 0.3 is 5.97 Å². The SMILES string of the molecule is COc1ccc(/C=C(/C(=O)OCc2ccccc2C#N)c2cccs2)cc1. The molecule has 0 atom stereocenters. The Hall–Kier alpha value is -3.36. The van der Waals surface area contributed by atoms with Crippen LogP contribution < -0.4 is 4.74 Å². The summed E-state index contributed by atoms with van der Waals surface area (Å²) in [4.78, 5) is 13.6. The Kier molecular flexibility index (Phi) is 6.03. The minimum absolute atomic E-state index is 0.0495. The standard InChI is InChI=1S/C22H17NO3S/c1-25-19-10-8-16(9-11-19)13-20(21-7-4-12-27-21)22(24)26-15-18-6-3-2-5-17(18)14-23/h2-13H,15H2,1H3/b20-13+. The van der Waals surface area contributed by atoms with Crippen LogP contribution in [0.4, 0.5) is 0 Å². The average Bonchev–Trinajstić information content (AvgIpc) is 3.25. The zero-order valence-electron chi connectivity index (χ0n) is 14.7.